The number of carbonyl (C=O) groups excluding carboxylic acids is 1. The zero-order valence-electron chi connectivity index (χ0n) is 10.3. The molecule has 0 saturated heterocycles. The average Bonchev–Trinajstić information content (AvgIpc) is 2.42. The van der Waals surface area contributed by atoms with Crippen LogP contribution in [0.15, 0.2) is 36.7 Å². The maximum Gasteiger partial charge on any atom is 0.340 e. The number of hydrogen-bond donors (Lipinski definition) is 1. The van der Waals surface area contributed by atoms with E-state index in [0.717, 1.165) is 16.7 Å². The molecule has 0 aliphatic rings. The van der Waals surface area contributed by atoms with E-state index in [9.17, 15) is 4.79 Å². The molecule has 18 heavy (non-hydrogen) atoms. The Morgan fingerprint density at radius 3 is 2.72 bits per heavy atom. The van der Waals surface area contributed by atoms with Crippen molar-refractivity contribution in [3.63, 3.8) is 0 Å². The number of carbonyl (C=O) groups is 1. The van der Waals surface area contributed by atoms with Gasteiger partial charge in [-0.25, -0.2) is 4.79 Å². The topological polar surface area (TPSA) is 65.2 Å². The van der Waals surface area contributed by atoms with E-state index in [-0.39, 0.29) is 0 Å². The number of esters is 1. The Bertz CT molecular complexity index is 580. The van der Waals surface area contributed by atoms with Gasteiger partial charge in [0, 0.05) is 23.6 Å². The van der Waals surface area contributed by atoms with Crippen molar-refractivity contribution in [2.75, 3.05) is 12.8 Å². The summed E-state index contributed by atoms with van der Waals surface area (Å²) in [5, 5.41) is 0. The fourth-order valence-electron chi connectivity index (χ4n) is 1.81. The van der Waals surface area contributed by atoms with Crippen molar-refractivity contribution < 1.29 is 9.53 Å². The first-order chi connectivity index (χ1) is 8.65. The molecule has 2 rings (SSSR count). The highest BCUT2D eigenvalue weighted by Crippen LogP contribution is 2.30. The maximum atomic E-state index is 11.9. The van der Waals surface area contributed by atoms with E-state index in [1.165, 1.54) is 7.11 Å². The molecule has 0 aliphatic carbocycles. The monoisotopic (exact) mass is 242 g/mol. The van der Waals surface area contributed by atoms with Crippen molar-refractivity contribution in [3.8, 4) is 11.1 Å². The summed E-state index contributed by atoms with van der Waals surface area (Å²) in [6.07, 6.45) is 3.37. The van der Waals surface area contributed by atoms with E-state index in [4.69, 9.17) is 10.5 Å². The molecule has 0 spiro atoms. The third-order valence-corrected chi connectivity index (χ3v) is 2.83. The Hall–Kier alpha value is -2.36. The van der Waals surface area contributed by atoms with Gasteiger partial charge < -0.3 is 10.5 Å². The summed E-state index contributed by atoms with van der Waals surface area (Å²) < 4.78 is 4.79. The third-order valence-electron chi connectivity index (χ3n) is 2.83. The molecule has 1 aromatic heterocycles. The highest BCUT2D eigenvalue weighted by atomic mass is 16.5. The van der Waals surface area contributed by atoms with E-state index in [0.29, 0.717) is 11.3 Å². The van der Waals surface area contributed by atoms with Crippen molar-refractivity contribution in [2.24, 2.45) is 0 Å². The zero-order valence-corrected chi connectivity index (χ0v) is 10.3. The van der Waals surface area contributed by atoms with Gasteiger partial charge in [-0.3, -0.25) is 4.98 Å². The Morgan fingerprint density at radius 2 is 2.11 bits per heavy atom. The maximum absolute atomic E-state index is 11.9. The van der Waals surface area contributed by atoms with Crippen molar-refractivity contribution in [3.05, 3.63) is 47.8 Å². The fourth-order valence-corrected chi connectivity index (χ4v) is 1.81. The van der Waals surface area contributed by atoms with Gasteiger partial charge in [-0.2, -0.15) is 0 Å². The number of aryl methyl sites for hydroxylation is 1. The molecule has 4 nitrogen and oxygen atoms in total. The molecule has 1 aromatic carbocycles. The summed E-state index contributed by atoms with van der Waals surface area (Å²) in [6, 6.07) is 7.43. The molecule has 2 aromatic rings. The van der Waals surface area contributed by atoms with Crippen LogP contribution in [-0.4, -0.2) is 18.1 Å². The van der Waals surface area contributed by atoms with Crippen LogP contribution >= 0.6 is 0 Å². The average molecular weight is 242 g/mol. The first-order valence-corrected chi connectivity index (χ1v) is 5.53. The number of nitrogens with two attached hydrogens (primary N) is 1. The van der Waals surface area contributed by atoms with Crippen LogP contribution in [0.1, 0.15) is 15.9 Å². The number of nitrogens with zero attached hydrogens (tertiary/aromatic N) is 1. The van der Waals surface area contributed by atoms with Crippen LogP contribution in [0, 0.1) is 6.92 Å². The number of rotatable bonds is 2. The number of pyridine rings is 1. The first kappa shape index (κ1) is 12.1. The van der Waals surface area contributed by atoms with E-state index in [1.807, 2.05) is 31.2 Å². The van der Waals surface area contributed by atoms with Crippen LogP contribution in [0.5, 0.6) is 0 Å². The lowest BCUT2D eigenvalue weighted by Crippen LogP contribution is -2.09. The van der Waals surface area contributed by atoms with E-state index in [2.05, 4.69) is 4.98 Å². The Balaban J connectivity index is 2.68. The summed E-state index contributed by atoms with van der Waals surface area (Å²) in [7, 11) is 1.34. The molecule has 4 heteroatoms. The minimum absolute atomic E-state index is 0.394. The second-order valence-electron chi connectivity index (χ2n) is 3.95. The lowest BCUT2D eigenvalue weighted by Gasteiger charge is -2.12. The molecule has 0 unspecified atom stereocenters. The lowest BCUT2D eigenvalue weighted by atomic mass is 9.97. The van der Waals surface area contributed by atoms with Crippen LogP contribution < -0.4 is 5.73 Å². The molecule has 0 fully saturated rings. The molecule has 2 N–H and O–H groups in total. The molecule has 0 bridgehead atoms. The molecule has 0 saturated carbocycles. The third kappa shape index (κ3) is 2.05. The molecule has 0 atom stereocenters. The van der Waals surface area contributed by atoms with Crippen molar-refractivity contribution in [2.45, 2.75) is 6.92 Å². The number of ether oxygens (including phenoxy) is 1. The minimum atomic E-state index is -0.435. The molecule has 0 radical (unpaired) electrons. The van der Waals surface area contributed by atoms with E-state index >= 15 is 0 Å². The largest absolute Gasteiger partial charge is 0.465 e. The Labute approximate surface area is 105 Å². The number of benzene rings is 1. The molecule has 92 valence electrons. The second kappa shape index (κ2) is 4.87. The fraction of sp³-hybridized carbons (Fsp3) is 0.143. The lowest BCUT2D eigenvalue weighted by molar-refractivity contribution is 0.0602. The summed E-state index contributed by atoms with van der Waals surface area (Å²) in [4.78, 5) is 15.9. The predicted octanol–water partition coefficient (Wildman–Crippen LogP) is 2.43. The normalized spacial score (nSPS) is 10.1. The van der Waals surface area contributed by atoms with Crippen molar-refractivity contribution >= 4 is 11.7 Å². The van der Waals surface area contributed by atoms with E-state index < -0.39 is 5.97 Å². The van der Waals surface area contributed by atoms with Gasteiger partial charge in [0.25, 0.3) is 0 Å². The van der Waals surface area contributed by atoms with Gasteiger partial charge in [-0.05, 0) is 24.1 Å². The van der Waals surface area contributed by atoms with Crippen molar-refractivity contribution in [1.82, 2.24) is 4.98 Å². The van der Waals surface area contributed by atoms with Gasteiger partial charge >= 0.3 is 5.97 Å². The van der Waals surface area contributed by atoms with Gasteiger partial charge in [0.1, 0.15) is 0 Å². The van der Waals surface area contributed by atoms with Crippen LogP contribution in [-0.2, 0) is 4.74 Å². The second-order valence-corrected chi connectivity index (χ2v) is 3.95. The standard InChI is InChI=1S/C14H14N2O2/c1-9-5-6-11(10-4-3-7-16-8-10)12(13(9)15)14(17)18-2/h3-8H,15H2,1-2H3. The summed E-state index contributed by atoms with van der Waals surface area (Å²) in [5.41, 5.74) is 9.24. The number of anilines is 1. The summed E-state index contributed by atoms with van der Waals surface area (Å²) in [5.74, 6) is -0.435. The quantitative estimate of drug-likeness (QED) is 0.648. The van der Waals surface area contributed by atoms with Crippen molar-refractivity contribution in [1.29, 1.82) is 0 Å². The minimum Gasteiger partial charge on any atom is -0.465 e. The molecular formula is C14H14N2O2. The molecule has 1 heterocycles. The highest BCUT2D eigenvalue weighted by Gasteiger charge is 2.18. The Morgan fingerprint density at radius 1 is 1.33 bits per heavy atom. The van der Waals surface area contributed by atoms with Gasteiger partial charge in [-0.15, -0.1) is 0 Å². The smallest absolute Gasteiger partial charge is 0.340 e. The predicted molar refractivity (Wildman–Crippen MR) is 70.2 cm³/mol. The number of methoxy groups -OCH3 is 1. The number of nitrogen functional groups attached to an aromatic ring is 1. The number of hydrogen-bond acceptors (Lipinski definition) is 4. The van der Waals surface area contributed by atoms with Gasteiger partial charge in [-0.1, -0.05) is 18.2 Å². The zero-order chi connectivity index (χ0) is 13.1. The molecule has 0 amide bonds. The highest BCUT2D eigenvalue weighted by molar-refractivity contribution is 6.02. The van der Waals surface area contributed by atoms with Crippen LogP contribution in [0.2, 0.25) is 0 Å². The van der Waals surface area contributed by atoms with Crippen LogP contribution in [0.3, 0.4) is 0 Å². The SMILES string of the molecule is COC(=O)c1c(-c2cccnc2)ccc(C)c1N. The summed E-state index contributed by atoms with van der Waals surface area (Å²) >= 11 is 0. The van der Waals surface area contributed by atoms with Gasteiger partial charge in [0.15, 0.2) is 0 Å². The summed E-state index contributed by atoms with van der Waals surface area (Å²) in [6.45, 7) is 1.86. The van der Waals surface area contributed by atoms with Gasteiger partial charge in [0.2, 0.25) is 0 Å². The Kier molecular flexibility index (Phi) is 3.28. The van der Waals surface area contributed by atoms with E-state index in [1.54, 1.807) is 12.4 Å². The molecular weight excluding hydrogens is 228 g/mol. The van der Waals surface area contributed by atoms with Crippen LogP contribution in [0.25, 0.3) is 11.1 Å². The first-order valence-electron chi connectivity index (χ1n) is 5.53. The van der Waals surface area contributed by atoms with Crippen LogP contribution in [0.4, 0.5) is 5.69 Å². The van der Waals surface area contributed by atoms with Gasteiger partial charge in [0.05, 0.1) is 12.7 Å². The number of aromatic nitrogens is 1. The molecule has 0 aliphatic heterocycles.